The molecule has 3 aliphatic carbocycles. The molecule has 0 amide bonds. The summed E-state index contributed by atoms with van der Waals surface area (Å²) >= 11 is 0. The molecule has 6 atom stereocenters. The second-order valence-electron chi connectivity index (χ2n) is 14.9. The second kappa shape index (κ2) is 15.1. The van der Waals surface area contributed by atoms with Crippen molar-refractivity contribution < 1.29 is 27.4 Å². The Bertz CT molecular complexity index is 1450. The van der Waals surface area contributed by atoms with E-state index in [0.29, 0.717) is 31.8 Å². The van der Waals surface area contributed by atoms with Gasteiger partial charge in [-0.2, -0.15) is 13.2 Å². The molecule has 11 heteroatoms. The molecule has 4 N–H and O–H groups in total. The molecule has 7 rings (SSSR count). The standard InChI is InChI=1S/C38H52F3N5O3/c39-38(40,41)35-8-2-9-36(44-35)49-34-7-3-21-48-37(34)33(42)24-46(43)27-16-19-45(20-17-27)18-4-22-47-28-12-15-30-26(23-28)11-14-31-29-6-1-5-25(29)10-13-32(30)31/h2,8-9,12,15,23-25,27,29,31-32,34,37H,1,3-7,10-11,13-14,16-22,42-43H2/b33-24-. The molecule has 2 aromatic rings. The first-order valence-corrected chi connectivity index (χ1v) is 18.5. The number of halogens is 3. The molecule has 0 radical (unpaired) electrons. The lowest BCUT2D eigenvalue weighted by Gasteiger charge is -2.44. The number of likely N-dealkylation sites (tertiary alicyclic amines) is 1. The molecule has 268 valence electrons. The number of fused-ring (bicyclic) bond motifs is 5. The summed E-state index contributed by atoms with van der Waals surface area (Å²) in [5.41, 5.74) is 8.97. The van der Waals surface area contributed by atoms with Gasteiger partial charge in [0.05, 0.1) is 12.3 Å². The van der Waals surface area contributed by atoms with E-state index in [1.165, 1.54) is 62.6 Å². The van der Waals surface area contributed by atoms with Crippen LogP contribution < -0.4 is 21.1 Å². The van der Waals surface area contributed by atoms with E-state index in [1.54, 1.807) is 16.8 Å². The number of nitrogens with two attached hydrogens (primary N) is 2. The van der Waals surface area contributed by atoms with Gasteiger partial charge in [0.15, 0.2) is 0 Å². The molecular weight excluding hydrogens is 631 g/mol. The number of pyridine rings is 1. The number of aryl methyl sites for hydroxylation is 1. The summed E-state index contributed by atoms with van der Waals surface area (Å²) in [6.45, 7) is 4.03. The number of rotatable bonds is 10. The van der Waals surface area contributed by atoms with Gasteiger partial charge in [-0.3, -0.25) is 0 Å². The fourth-order valence-electron chi connectivity index (χ4n) is 9.52. The zero-order valence-electron chi connectivity index (χ0n) is 28.5. The van der Waals surface area contributed by atoms with Crippen molar-refractivity contribution in [1.29, 1.82) is 0 Å². The lowest BCUT2D eigenvalue weighted by atomic mass is 9.61. The van der Waals surface area contributed by atoms with Crippen molar-refractivity contribution in [3.05, 3.63) is 65.1 Å². The molecule has 6 unspecified atom stereocenters. The van der Waals surface area contributed by atoms with Crippen molar-refractivity contribution >= 4 is 0 Å². The summed E-state index contributed by atoms with van der Waals surface area (Å²) in [4.78, 5) is 6.10. The van der Waals surface area contributed by atoms with Gasteiger partial charge in [0, 0.05) is 44.5 Å². The van der Waals surface area contributed by atoms with Crippen LogP contribution in [0.3, 0.4) is 0 Å². The lowest BCUT2D eigenvalue weighted by Crippen LogP contribution is -2.47. The molecule has 49 heavy (non-hydrogen) atoms. The van der Waals surface area contributed by atoms with Gasteiger partial charge in [-0.1, -0.05) is 25.0 Å². The van der Waals surface area contributed by atoms with Crippen LogP contribution >= 0.6 is 0 Å². The van der Waals surface area contributed by atoms with Crippen molar-refractivity contribution in [3.63, 3.8) is 0 Å². The normalized spacial score (nSPS) is 29.5. The molecule has 8 nitrogen and oxygen atoms in total. The maximum Gasteiger partial charge on any atom is 0.433 e. The molecule has 0 spiro atoms. The Labute approximate surface area is 288 Å². The highest BCUT2D eigenvalue weighted by Crippen LogP contribution is 2.55. The summed E-state index contributed by atoms with van der Waals surface area (Å²) in [5, 5.41) is 1.66. The summed E-state index contributed by atoms with van der Waals surface area (Å²) in [6, 6.07) is 10.6. The summed E-state index contributed by atoms with van der Waals surface area (Å²) in [7, 11) is 0. The van der Waals surface area contributed by atoms with Crippen LogP contribution in [-0.4, -0.2) is 66.0 Å². The van der Waals surface area contributed by atoms with Gasteiger partial charge in [-0.05, 0) is 117 Å². The van der Waals surface area contributed by atoms with E-state index in [1.807, 2.05) is 0 Å². The van der Waals surface area contributed by atoms with Crippen LogP contribution in [0.2, 0.25) is 0 Å². The van der Waals surface area contributed by atoms with Crippen LogP contribution in [0.5, 0.6) is 11.6 Å². The topological polar surface area (TPSA) is 99.1 Å². The third kappa shape index (κ3) is 7.99. The van der Waals surface area contributed by atoms with E-state index in [4.69, 9.17) is 25.8 Å². The van der Waals surface area contributed by atoms with E-state index in [0.717, 1.165) is 74.4 Å². The van der Waals surface area contributed by atoms with Crippen LogP contribution in [0, 0.1) is 17.8 Å². The van der Waals surface area contributed by atoms with Crippen molar-refractivity contribution in [2.24, 2.45) is 29.3 Å². The fraction of sp³-hybridized carbons (Fsp3) is 0.658. The lowest BCUT2D eigenvalue weighted by molar-refractivity contribution is -0.141. The van der Waals surface area contributed by atoms with Gasteiger partial charge < -0.3 is 29.9 Å². The van der Waals surface area contributed by atoms with Crippen molar-refractivity contribution in [2.75, 3.05) is 32.8 Å². The highest BCUT2D eigenvalue weighted by atomic mass is 19.4. The Morgan fingerprint density at radius 3 is 2.69 bits per heavy atom. The summed E-state index contributed by atoms with van der Waals surface area (Å²) in [5.74, 6) is 11.0. The third-order valence-electron chi connectivity index (χ3n) is 11.9. The van der Waals surface area contributed by atoms with Crippen LogP contribution in [0.4, 0.5) is 13.2 Å². The zero-order valence-corrected chi connectivity index (χ0v) is 28.5. The van der Waals surface area contributed by atoms with Crippen LogP contribution in [0.1, 0.15) is 93.4 Å². The minimum atomic E-state index is -4.55. The van der Waals surface area contributed by atoms with Crippen LogP contribution in [-0.2, 0) is 17.3 Å². The Kier molecular flexibility index (Phi) is 10.6. The number of hydrazine groups is 1. The number of benzene rings is 1. The number of nitrogens with zero attached hydrogens (tertiary/aromatic N) is 3. The van der Waals surface area contributed by atoms with Crippen LogP contribution in [0.15, 0.2) is 48.3 Å². The highest BCUT2D eigenvalue weighted by Gasteiger charge is 2.44. The SMILES string of the molecule is N/C(=C\N(N)C1CCN(CCCOc2ccc3c(c2)CCC2C3CCC3CCCC32)CC1)C1OCCCC1Oc1cccc(C(F)(F)F)n1. The Morgan fingerprint density at radius 2 is 1.86 bits per heavy atom. The predicted molar refractivity (Wildman–Crippen MR) is 182 cm³/mol. The number of hydrogen-bond donors (Lipinski definition) is 2. The first-order chi connectivity index (χ1) is 23.7. The van der Waals surface area contributed by atoms with E-state index in [2.05, 4.69) is 28.1 Å². The zero-order chi connectivity index (χ0) is 34.0. The smallest absolute Gasteiger partial charge is 0.433 e. The maximum absolute atomic E-state index is 13.1. The minimum Gasteiger partial charge on any atom is -0.494 e. The Balaban J connectivity index is 0.843. The monoisotopic (exact) mass is 683 g/mol. The number of alkyl halides is 3. The fourth-order valence-corrected chi connectivity index (χ4v) is 9.52. The van der Waals surface area contributed by atoms with Gasteiger partial charge in [-0.15, -0.1) is 0 Å². The highest BCUT2D eigenvalue weighted by molar-refractivity contribution is 5.40. The first kappa shape index (κ1) is 34.4. The second-order valence-corrected chi connectivity index (χ2v) is 14.9. The van der Waals surface area contributed by atoms with Gasteiger partial charge >= 0.3 is 6.18 Å². The van der Waals surface area contributed by atoms with Gasteiger partial charge in [0.1, 0.15) is 23.7 Å². The quantitative estimate of drug-likeness (QED) is 0.161. The van der Waals surface area contributed by atoms with E-state index in [9.17, 15) is 13.2 Å². The Hall–Kier alpha value is -3.02. The molecule has 4 fully saturated rings. The molecule has 2 saturated carbocycles. The third-order valence-corrected chi connectivity index (χ3v) is 11.9. The molecule has 2 saturated heterocycles. The van der Waals surface area contributed by atoms with Gasteiger partial charge in [0.2, 0.25) is 5.88 Å². The Morgan fingerprint density at radius 1 is 1.00 bits per heavy atom. The van der Waals surface area contributed by atoms with E-state index < -0.39 is 24.1 Å². The summed E-state index contributed by atoms with van der Waals surface area (Å²) in [6.07, 6.45) is 9.71. The van der Waals surface area contributed by atoms with E-state index >= 15 is 0 Å². The molecule has 3 heterocycles. The molecule has 0 bridgehead atoms. The number of aromatic nitrogens is 1. The maximum atomic E-state index is 13.1. The number of hydrogen-bond acceptors (Lipinski definition) is 8. The van der Waals surface area contributed by atoms with Crippen molar-refractivity contribution in [1.82, 2.24) is 14.9 Å². The van der Waals surface area contributed by atoms with Gasteiger partial charge in [0.25, 0.3) is 0 Å². The predicted octanol–water partition coefficient (Wildman–Crippen LogP) is 6.79. The number of ether oxygens (including phenoxy) is 3. The van der Waals surface area contributed by atoms with Crippen LogP contribution in [0.25, 0.3) is 0 Å². The average molecular weight is 684 g/mol. The molecule has 1 aromatic carbocycles. The largest absolute Gasteiger partial charge is 0.494 e. The van der Waals surface area contributed by atoms with Crippen molar-refractivity contribution in [3.8, 4) is 11.6 Å². The first-order valence-electron chi connectivity index (χ1n) is 18.5. The molecule has 1 aromatic heterocycles. The van der Waals surface area contributed by atoms with E-state index in [-0.39, 0.29) is 11.9 Å². The summed E-state index contributed by atoms with van der Waals surface area (Å²) < 4.78 is 57.5. The van der Waals surface area contributed by atoms with Gasteiger partial charge in [-0.25, -0.2) is 10.8 Å². The molecule has 5 aliphatic rings. The average Bonchev–Trinajstić information content (AvgIpc) is 3.60. The minimum absolute atomic E-state index is 0.104. The number of piperidine rings is 1. The van der Waals surface area contributed by atoms with Crippen molar-refractivity contribution in [2.45, 2.75) is 107 Å². The molecular formula is C38H52F3N5O3. The molecule has 2 aliphatic heterocycles.